The van der Waals surface area contributed by atoms with Gasteiger partial charge in [0.05, 0.1) is 25.5 Å². The highest BCUT2D eigenvalue weighted by Gasteiger charge is 2.43. The molecule has 13 heteroatoms. The van der Waals surface area contributed by atoms with Crippen LogP contribution in [0.15, 0.2) is 54.7 Å². The molecule has 13 nitrogen and oxygen atoms in total. The third kappa shape index (κ3) is 6.48. The molecule has 2 N–H and O–H groups in total. The zero-order valence-corrected chi connectivity index (χ0v) is 25.7. The third-order valence-electron chi connectivity index (χ3n) is 8.61. The number of hydrogen-bond acceptors (Lipinski definition) is 10. The van der Waals surface area contributed by atoms with Gasteiger partial charge in [-0.05, 0) is 56.7 Å². The number of fused-ring (bicyclic) bond motifs is 3. The summed E-state index contributed by atoms with van der Waals surface area (Å²) >= 11 is 0. The number of anilines is 4. The molecule has 1 aromatic heterocycles. The lowest BCUT2D eigenvalue weighted by atomic mass is 10.0. The summed E-state index contributed by atoms with van der Waals surface area (Å²) in [5.41, 5.74) is 2.57. The summed E-state index contributed by atoms with van der Waals surface area (Å²) in [6.45, 7) is 3.04. The minimum Gasteiger partial charge on any atom is -0.495 e. The Morgan fingerprint density at radius 1 is 1.02 bits per heavy atom. The maximum absolute atomic E-state index is 13.3. The lowest BCUT2D eigenvalue weighted by molar-refractivity contribution is -0.120. The van der Waals surface area contributed by atoms with Crippen molar-refractivity contribution in [1.29, 1.82) is 0 Å². The lowest BCUT2D eigenvalue weighted by Crippen LogP contribution is -2.63. The van der Waals surface area contributed by atoms with Crippen LogP contribution in [0.4, 0.5) is 27.9 Å². The van der Waals surface area contributed by atoms with Gasteiger partial charge < -0.3 is 39.7 Å². The Morgan fingerprint density at radius 3 is 2.56 bits per heavy atom. The summed E-state index contributed by atoms with van der Waals surface area (Å²) in [5.74, 6) is 1.08. The highest BCUT2D eigenvalue weighted by atomic mass is 16.6. The van der Waals surface area contributed by atoms with Crippen LogP contribution in [0.5, 0.6) is 5.75 Å². The monoisotopic (exact) mass is 614 g/mol. The Morgan fingerprint density at radius 2 is 1.80 bits per heavy atom. The molecule has 4 heterocycles. The minimum atomic E-state index is -0.611. The SMILES string of the molecule is COc1cc(C(=O)NC2CCN(C)CC2)ccc1Nc1ncc2c(n1)N1CCN(C(=O)OCc3ccccc3)CC1C(=O)N2C. The predicted octanol–water partition coefficient (Wildman–Crippen LogP) is 2.86. The first-order valence-corrected chi connectivity index (χ1v) is 15.1. The van der Waals surface area contributed by atoms with E-state index in [1.165, 1.54) is 4.90 Å². The number of amides is 3. The number of aromatic nitrogens is 2. The Bertz CT molecular complexity index is 1560. The fourth-order valence-corrected chi connectivity index (χ4v) is 5.92. The van der Waals surface area contributed by atoms with E-state index in [0.29, 0.717) is 47.5 Å². The topological polar surface area (TPSA) is 132 Å². The molecule has 236 valence electrons. The van der Waals surface area contributed by atoms with E-state index < -0.39 is 12.1 Å². The standard InChI is InChI=1S/C32H38N8O5/c1-37-13-11-23(12-14-37)34-29(41)22-9-10-24(27(17-22)44-3)35-31-33-18-25-28(36-31)40-16-15-39(19-26(40)30(42)38(25)2)32(43)45-20-21-7-5-4-6-8-21/h4-10,17-18,23,26H,11-16,19-20H2,1-3H3,(H,34,41)(H,33,35,36). The van der Waals surface area contributed by atoms with E-state index in [-0.39, 0.29) is 31.0 Å². The van der Waals surface area contributed by atoms with Gasteiger partial charge in [0, 0.05) is 31.7 Å². The van der Waals surface area contributed by atoms with Gasteiger partial charge in [-0.15, -0.1) is 0 Å². The number of methoxy groups -OCH3 is 1. The number of likely N-dealkylation sites (N-methyl/N-ethyl adjacent to an activating group) is 1. The van der Waals surface area contributed by atoms with Crippen LogP contribution >= 0.6 is 0 Å². The number of benzene rings is 2. The normalized spacial score (nSPS) is 18.6. The molecule has 2 aromatic carbocycles. The number of nitrogens with one attached hydrogen (secondary N) is 2. The summed E-state index contributed by atoms with van der Waals surface area (Å²) in [6.07, 6.45) is 2.99. The van der Waals surface area contributed by atoms with Crippen LogP contribution < -0.4 is 25.2 Å². The molecular formula is C32H38N8O5. The van der Waals surface area contributed by atoms with E-state index in [4.69, 9.17) is 14.5 Å². The number of piperazine rings is 1. The highest BCUT2D eigenvalue weighted by Crippen LogP contribution is 2.36. The summed E-state index contributed by atoms with van der Waals surface area (Å²) in [6, 6.07) is 14.2. The zero-order valence-electron chi connectivity index (χ0n) is 25.7. The van der Waals surface area contributed by atoms with Crippen LogP contribution in [0.3, 0.4) is 0 Å². The summed E-state index contributed by atoms with van der Waals surface area (Å²) < 4.78 is 11.1. The van der Waals surface area contributed by atoms with Gasteiger partial charge in [-0.1, -0.05) is 30.3 Å². The van der Waals surface area contributed by atoms with E-state index in [1.54, 1.807) is 43.5 Å². The van der Waals surface area contributed by atoms with Crippen molar-refractivity contribution in [3.05, 3.63) is 65.9 Å². The van der Waals surface area contributed by atoms with Crippen molar-refractivity contribution in [2.45, 2.75) is 31.5 Å². The smallest absolute Gasteiger partial charge is 0.410 e. The third-order valence-corrected chi connectivity index (χ3v) is 8.61. The van der Waals surface area contributed by atoms with Gasteiger partial charge in [0.15, 0.2) is 5.82 Å². The van der Waals surface area contributed by atoms with Gasteiger partial charge in [-0.25, -0.2) is 9.78 Å². The fraction of sp³-hybridized carbons (Fsp3) is 0.406. The van der Waals surface area contributed by atoms with Crippen LogP contribution in [-0.2, 0) is 16.1 Å². The molecule has 3 aliphatic heterocycles. The number of nitrogens with zero attached hydrogens (tertiary/aromatic N) is 6. The van der Waals surface area contributed by atoms with E-state index in [2.05, 4.69) is 27.6 Å². The minimum absolute atomic E-state index is 0.138. The van der Waals surface area contributed by atoms with Crippen LogP contribution in [0.1, 0.15) is 28.8 Å². The molecule has 6 rings (SSSR count). The number of hydrogen-bond donors (Lipinski definition) is 2. The molecule has 0 aliphatic carbocycles. The predicted molar refractivity (Wildman–Crippen MR) is 169 cm³/mol. The Balaban J connectivity index is 1.14. The van der Waals surface area contributed by atoms with E-state index in [0.717, 1.165) is 31.5 Å². The van der Waals surface area contributed by atoms with E-state index in [9.17, 15) is 14.4 Å². The molecule has 0 saturated carbocycles. The number of likely N-dealkylation sites (tertiary alicyclic amines) is 1. The van der Waals surface area contributed by atoms with Gasteiger partial charge in [0.2, 0.25) is 5.95 Å². The van der Waals surface area contributed by atoms with Crippen molar-refractivity contribution < 1.29 is 23.9 Å². The fourth-order valence-electron chi connectivity index (χ4n) is 5.92. The molecule has 2 fully saturated rings. The van der Waals surface area contributed by atoms with Crippen molar-refractivity contribution in [3.8, 4) is 5.75 Å². The second-order valence-electron chi connectivity index (χ2n) is 11.6. The van der Waals surface area contributed by atoms with Gasteiger partial charge in [-0.3, -0.25) is 9.59 Å². The highest BCUT2D eigenvalue weighted by molar-refractivity contribution is 6.05. The number of carbonyl (C=O) groups is 3. The molecular weight excluding hydrogens is 576 g/mol. The van der Waals surface area contributed by atoms with Gasteiger partial charge in [0.1, 0.15) is 24.1 Å². The number of piperidine rings is 1. The number of rotatable bonds is 7. The number of carbonyl (C=O) groups excluding carboxylic acids is 3. The Kier molecular flexibility index (Phi) is 8.69. The lowest BCUT2D eigenvalue weighted by Gasteiger charge is -2.45. The quantitative estimate of drug-likeness (QED) is 0.410. The number of ether oxygens (including phenoxy) is 2. The first-order valence-electron chi connectivity index (χ1n) is 15.1. The van der Waals surface area contributed by atoms with Crippen LogP contribution in [0, 0.1) is 0 Å². The van der Waals surface area contributed by atoms with Crippen molar-refractivity contribution in [3.63, 3.8) is 0 Å². The van der Waals surface area contributed by atoms with Crippen LogP contribution in [0.2, 0.25) is 0 Å². The largest absolute Gasteiger partial charge is 0.495 e. The average molecular weight is 615 g/mol. The molecule has 0 bridgehead atoms. The molecule has 45 heavy (non-hydrogen) atoms. The zero-order chi connectivity index (χ0) is 31.5. The second-order valence-corrected chi connectivity index (χ2v) is 11.6. The molecule has 0 radical (unpaired) electrons. The molecule has 2 saturated heterocycles. The molecule has 1 unspecified atom stereocenters. The Hall–Kier alpha value is -4.91. The van der Waals surface area contributed by atoms with Crippen LogP contribution in [0.25, 0.3) is 0 Å². The molecule has 3 aromatic rings. The first kappa shape index (κ1) is 30.1. The van der Waals surface area contributed by atoms with Gasteiger partial charge >= 0.3 is 6.09 Å². The van der Waals surface area contributed by atoms with Crippen molar-refractivity contribution in [1.82, 2.24) is 25.1 Å². The van der Waals surface area contributed by atoms with E-state index >= 15 is 0 Å². The average Bonchev–Trinajstić information content (AvgIpc) is 3.07. The van der Waals surface area contributed by atoms with Gasteiger partial charge in [-0.2, -0.15) is 4.98 Å². The van der Waals surface area contributed by atoms with E-state index in [1.807, 2.05) is 35.2 Å². The van der Waals surface area contributed by atoms with Crippen LogP contribution in [-0.4, -0.2) is 104 Å². The molecule has 3 amide bonds. The maximum Gasteiger partial charge on any atom is 0.410 e. The maximum atomic E-state index is 13.3. The van der Waals surface area contributed by atoms with Crippen molar-refractivity contribution >= 4 is 41.0 Å². The first-order chi connectivity index (χ1) is 21.8. The summed E-state index contributed by atoms with van der Waals surface area (Å²) in [5, 5.41) is 6.34. The molecule has 1 atom stereocenters. The van der Waals surface area contributed by atoms with Gasteiger partial charge in [0.25, 0.3) is 11.8 Å². The molecule has 3 aliphatic rings. The summed E-state index contributed by atoms with van der Waals surface area (Å²) in [4.78, 5) is 55.7. The Labute approximate surface area is 262 Å². The molecule has 0 spiro atoms. The van der Waals surface area contributed by atoms with Crippen molar-refractivity contribution in [2.24, 2.45) is 0 Å². The second kappa shape index (κ2) is 13.0. The summed E-state index contributed by atoms with van der Waals surface area (Å²) in [7, 11) is 5.31. The van der Waals surface area contributed by atoms with Crippen molar-refractivity contribution in [2.75, 3.05) is 69.0 Å².